The quantitative estimate of drug-likeness (QED) is 0.725. The first-order chi connectivity index (χ1) is 11.4. The monoisotopic (exact) mass is 342 g/mol. The summed E-state index contributed by atoms with van der Waals surface area (Å²) in [5.74, 6) is 0.670. The molecule has 0 radical (unpaired) electrons. The van der Waals surface area contributed by atoms with E-state index in [2.05, 4.69) is 15.0 Å². The first kappa shape index (κ1) is 16.3. The summed E-state index contributed by atoms with van der Waals surface area (Å²) in [6.45, 7) is 2.02. The summed E-state index contributed by atoms with van der Waals surface area (Å²) in [6.07, 6.45) is 4.43. The van der Waals surface area contributed by atoms with Crippen LogP contribution in [0.2, 0.25) is 0 Å². The van der Waals surface area contributed by atoms with Crippen LogP contribution in [0.25, 0.3) is 10.9 Å². The maximum absolute atomic E-state index is 11.8. The lowest BCUT2D eigenvalue weighted by Crippen LogP contribution is -2.23. The van der Waals surface area contributed by atoms with Gasteiger partial charge in [0, 0.05) is 24.9 Å². The maximum Gasteiger partial charge on any atom is 0.175 e. The number of aromatic nitrogens is 3. The van der Waals surface area contributed by atoms with Gasteiger partial charge in [-0.1, -0.05) is 6.07 Å². The standard InChI is InChI=1S/C17H18N4O2S/c1-12(15-6-4-5-9-18-15)21(2)17-14-10-13(24(3,22)23)7-8-16(14)19-11-20-17/h4-12H,1-3H3. The fourth-order valence-corrected chi connectivity index (χ4v) is 3.19. The number of rotatable bonds is 4. The molecule has 3 rings (SSSR count). The van der Waals surface area contributed by atoms with Gasteiger partial charge in [-0.25, -0.2) is 18.4 Å². The third-order valence-electron chi connectivity index (χ3n) is 4.04. The number of anilines is 1. The summed E-state index contributed by atoms with van der Waals surface area (Å²) < 4.78 is 23.7. The summed E-state index contributed by atoms with van der Waals surface area (Å²) in [7, 11) is -1.38. The van der Waals surface area contributed by atoms with E-state index in [4.69, 9.17) is 0 Å². The Kier molecular flexibility index (Phi) is 4.19. The molecule has 0 bridgehead atoms. The zero-order valence-electron chi connectivity index (χ0n) is 13.7. The number of pyridine rings is 1. The summed E-state index contributed by atoms with van der Waals surface area (Å²) in [6, 6.07) is 10.6. The fourth-order valence-electron chi connectivity index (χ4n) is 2.54. The number of sulfone groups is 1. The van der Waals surface area contributed by atoms with Crippen LogP contribution < -0.4 is 4.90 Å². The van der Waals surface area contributed by atoms with Crippen molar-refractivity contribution in [3.8, 4) is 0 Å². The Morgan fingerprint density at radius 2 is 1.88 bits per heavy atom. The predicted octanol–water partition coefficient (Wildman–Crippen LogP) is 2.63. The molecular weight excluding hydrogens is 324 g/mol. The van der Waals surface area contributed by atoms with Crippen LogP contribution in [0.3, 0.4) is 0 Å². The molecular formula is C17H18N4O2S. The minimum absolute atomic E-state index is 0.0220. The van der Waals surface area contributed by atoms with Crippen molar-refractivity contribution < 1.29 is 8.42 Å². The second-order valence-electron chi connectivity index (χ2n) is 5.69. The zero-order valence-corrected chi connectivity index (χ0v) is 14.5. The first-order valence-electron chi connectivity index (χ1n) is 7.46. The van der Waals surface area contributed by atoms with Crippen molar-refractivity contribution >= 4 is 26.6 Å². The highest BCUT2D eigenvalue weighted by Gasteiger charge is 2.18. The van der Waals surface area contributed by atoms with Gasteiger partial charge in [0.2, 0.25) is 0 Å². The number of benzene rings is 1. The molecule has 0 spiro atoms. The van der Waals surface area contributed by atoms with Crippen LogP contribution in [0.4, 0.5) is 5.82 Å². The topological polar surface area (TPSA) is 76.1 Å². The third-order valence-corrected chi connectivity index (χ3v) is 5.15. The summed E-state index contributed by atoms with van der Waals surface area (Å²) in [5.41, 5.74) is 1.61. The normalized spacial score (nSPS) is 13.0. The van der Waals surface area contributed by atoms with Crippen LogP contribution in [0.5, 0.6) is 0 Å². The minimum Gasteiger partial charge on any atom is -0.351 e. The van der Waals surface area contributed by atoms with Gasteiger partial charge in [0.1, 0.15) is 12.1 Å². The molecule has 0 N–H and O–H groups in total. The van der Waals surface area contributed by atoms with Gasteiger partial charge in [-0.2, -0.15) is 0 Å². The lowest BCUT2D eigenvalue weighted by atomic mass is 10.1. The predicted molar refractivity (Wildman–Crippen MR) is 93.7 cm³/mol. The van der Waals surface area contributed by atoms with E-state index < -0.39 is 9.84 Å². The van der Waals surface area contributed by atoms with Gasteiger partial charge in [-0.15, -0.1) is 0 Å². The van der Waals surface area contributed by atoms with Gasteiger partial charge < -0.3 is 4.90 Å². The van der Waals surface area contributed by atoms with Gasteiger partial charge >= 0.3 is 0 Å². The van der Waals surface area contributed by atoms with Crippen molar-refractivity contribution in [2.24, 2.45) is 0 Å². The highest BCUT2D eigenvalue weighted by molar-refractivity contribution is 7.90. The smallest absolute Gasteiger partial charge is 0.175 e. The lowest BCUT2D eigenvalue weighted by Gasteiger charge is -2.26. The van der Waals surface area contributed by atoms with Crippen molar-refractivity contribution in [3.05, 3.63) is 54.6 Å². The van der Waals surface area contributed by atoms with Gasteiger partial charge in [0.05, 0.1) is 22.1 Å². The van der Waals surface area contributed by atoms with Crippen LogP contribution >= 0.6 is 0 Å². The van der Waals surface area contributed by atoms with Crippen molar-refractivity contribution in [3.63, 3.8) is 0 Å². The molecule has 1 aromatic carbocycles. The molecule has 3 aromatic rings. The van der Waals surface area contributed by atoms with Crippen LogP contribution in [-0.2, 0) is 9.84 Å². The van der Waals surface area contributed by atoms with E-state index in [9.17, 15) is 8.42 Å². The number of hydrogen-bond acceptors (Lipinski definition) is 6. The molecule has 6 nitrogen and oxygen atoms in total. The molecule has 0 aliphatic rings. The van der Waals surface area contributed by atoms with Crippen LogP contribution in [-0.4, -0.2) is 36.7 Å². The van der Waals surface area contributed by atoms with Gasteiger partial charge in [0.15, 0.2) is 9.84 Å². The number of fused-ring (bicyclic) bond motifs is 1. The van der Waals surface area contributed by atoms with Crippen LogP contribution in [0.15, 0.2) is 53.8 Å². The third kappa shape index (κ3) is 3.07. The van der Waals surface area contributed by atoms with E-state index in [1.54, 1.807) is 24.4 Å². The Morgan fingerprint density at radius 3 is 2.54 bits per heavy atom. The molecule has 124 valence electrons. The molecule has 2 heterocycles. The second kappa shape index (κ2) is 6.16. The first-order valence-corrected chi connectivity index (χ1v) is 9.35. The average molecular weight is 342 g/mol. The number of nitrogens with zero attached hydrogens (tertiary/aromatic N) is 4. The Bertz CT molecular complexity index is 974. The summed E-state index contributed by atoms with van der Waals surface area (Å²) >= 11 is 0. The van der Waals surface area contributed by atoms with Crippen molar-refractivity contribution in [1.82, 2.24) is 15.0 Å². The van der Waals surface area contributed by atoms with Crippen LogP contribution in [0.1, 0.15) is 18.7 Å². The number of hydrogen-bond donors (Lipinski definition) is 0. The molecule has 2 aromatic heterocycles. The lowest BCUT2D eigenvalue weighted by molar-refractivity contribution is 0.602. The minimum atomic E-state index is -3.30. The molecule has 0 saturated carbocycles. The molecule has 1 atom stereocenters. The van der Waals surface area contributed by atoms with E-state index in [1.807, 2.05) is 37.1 Å². The maximum atomic E-state index is 11.8. The molecule has 0 saturated heterocycles. The molecule has 0 amide bonds. The molecule has 1 unspecified atom stereocenters. The molecule has 0 fully saturated rings. The van der Waals surface area contributed by atoms with Crippen molar-refractivity contribution in [1.29, 1.82) is 0 Å². The Balaban J connectivity index is 2.11. The van der Waals surface area contributed by atoms with E-state index in [0.717, 1.165) is 5.69 Å². The van der Waals surface area contributed by atoms with Gasteiger partial charge in [-0.3, -0.25) is 4.98 Å². The highest BCUT2D eigenvalue weighted by atomic mass is 32.2. The average Bonchev–Trinajstić information content (AvgIpc) is 2.59. The Labute approximate surface area is 141 Å². The van der Waals surface area contributed by atoms with Crippen molar-refractivity contribution in [2.75, 3.05) is 18.2 Å². The molecule has 7 heteroatoms. The molecule has 0 aliphatic carbocycles. The van der Waals surface area contributed by atoms with Gasteiger partial charge in [0.25, 0.3) is 0 Å². The molecule has 24 heavy (non-hydrogen) atoms. The summed E-state index contributed by atoms with van der Waals surface area (Å²) in [5, 5.41) is 0.700. The second-order valence-corrected chi connectivity index (χ2v) is 7.71. The fraction of sp³-hybridized carbons (Fsp3) is 0.235. The van der Waals surface area contributed by atoms with E-state index in [-0.39, 0.29) is 10.9 Å². The SMILES string of the molecule is CC(c1ccccn1)N(C)c1ncnc2ccc(S(C)(=O)=O)cc12. The Hall–Kier alpha value is -2.54. The summed E-state index contributed by atoms with van der Waals surface area (Å²) in [4.78, 5) is 15.2. The van der Waals surface area contributed by atoms with Gasteiger partial charge in [-0.05, 0) is 37.3 Å². The highest BCUT2D eigenvalue weighted by Crippen LogP contribution is 2.29. The van der Waals surface area contributed by atoms with E-state index in [1.165, 1.54) is 12.6 Å². The Morgan fingerprint density at radius 1 is 1.08 bits per heavy atom. The molecule has 0 aliphatic heterocycles. The van der Waals surface area contributed by atoms with E-state index >= 15 is 0 Å². The zero-order chi connectivity index (χ0) is 17.3. The van der Waals surface area contributed by atoms with Crippen molar-refractivity contribution in [2.45, 2.75) is 17.9 Å². The van der Waals surface area contributed by atoms with Crippen LogP contribution in [0, 0.1) is 0 Å². The van der Waals surface area contributed by atoms with E-state index in [0.29, 0.717) is 16.7 Å². The largest absolute Gasteiger partial charge is 0.351 e.